The highest BCUT2D eigenvalue weighted by atomic mass is 35.5. The van der Waals surface area contributed by atoms with E-state index in [1.165, 1.54) is 6.20 Å². The highest BCUT2D eigenvalue weighted by Gasteiger charge is 2.45. The SMILES string of the molecule is Cc1cc(Nc2ncc(Cl)c(Nc3ccccc3S(=O)(=O)C(C)C)n2)c(OC(C)C)cc1C1CCN(C(=O)CCCCCNc2cccc3c2C(=O)N(C2CCC(=O)NC2=O)C3=O)CC1. The number of carbonyl (C=O) groups is 5. The van der Waals surface area contributed by atoms with Crippen LogP contribution in [0.4, 0.5) is 28.8 Å². The van der Waals surface area contributed by atoms with Crippen LogP contribution in [0.5, 0.6) is 5.75 Å². The number of carbonyl (C=O) groups excluding carboxylic acids is 5. The monoisotopic (exact) mass is 926 g/mol. The number of halogens is 1. The number of anilines is 5. The highest BCUT2D eigenvalue weighted by Crippen LogP contribution is 2.39. The quantitative estimate of drug-likeness (QED) is 0.0593. The molecule has 0 radical (unpaired) electrons. The normalized spacial score (nSPS) is 16.8. The minimum absolute atomic E-state index is 0.0552. The summed E-state index contributed by atoms with van der Waals surface area (Å²) in [5, 5.41) is 11.5. The van der Waals surface area contributed by atoms with E-state index < -0.39 is 44.8 Å². The number of unbranched alkanes of at least 4 members (excludes halogenated alkanes) is 2. The Morgan fingerprint density at radius 3 is 2.37 bits per heavy atom. The number of aromatic nitrogens is 2. The molecule has 0 bridgehead atoms. The molecular formula is C47H55ClN8O8S. The number of ether oxygens (including phenoxy) is 1. The van der Waals surface area contributed by atoms with Crippen LogP contribution in [0.25, 0.3) is 0 Å². The third-order valence-corrected chi connectivity index (χ3v) is 14.4. The summed E-state index contributed by atoms with van der Waals surface area (Å²) in [7, 11) is -3.60. The summed E-state index contributed by atoms with van der Waals surface area (Å²) < 4.78 is 32.5. The smallest absolute Gasteiger partial charge is 0.264 e. The highest BCUT2D eigenvalue weighted by molar-refractivity contribution is 7.92. The van der Waals surface area contributed by atoms with Crippen LogP contribution in [0.15, 0.2) is 65.7 Å². The van der Waals surface area contributed by atoms with Crippen molar-refractivity contribution in [2.75, 3.05) is 35.6 Å². The van der Waals surface area contributed by atoms with Crippen LogP contribution in [-0.2, 0) is 24.2 Å². The van der Waals surface area contributed by atoms with Crippen molar-refractivity contribution in [2.24, 2.45) is 0 Å². The number of rotatable bonds is 17. The van der Waals surface area contributed by atoms with Crippen molar-refractivity contribution in [3.63, 3.8) is 0 Å². The van der Waals surface area contributed by atoms with Gasteiger partial charge in [-0.05, 0) is 120 Å². The Bertz CT molecular complexity index is 2610. The van der Waals surface area contributed by atoms with Crippen molar-refractivity contribution < 1.29 is 37.1 Å². The molecule has 18 heteroatoms. The van der Waals surface area contributed by atoms with E-state index in [-0.39, 0.29) is 63.6 Å². The van der Waals surface area contributed by atoms with Gasteiger partial charge < -0.3 is 25.6 Å². The molecule has 4 aromatic rings. The second-order valence-electron chi connectivity index (χ2n) is 17.2. The number of hydrogen-bond acceptors (Lipinski definition) is 13. The predicted octanol–water partition coefficient (Wildman–Crippen LogP) is 7.67. The van der Waals surface area contributed by atoms with Crippen molar-refractivity contribution in [2.45, 2.75) is 114 Å². The number of likely N-dealkylation sites (tertiary alicyclic amines) is 1. The molecule has 4 N–H and O–H groups in total. The van der Waals surface area contributed by atoms with Crippen molar-refractivity contribution in [1.82, 2.24) is 25.1 Å². The van der Waals surface area contributed by atoms with E-state index in [1.807, 2.05) is 31.7 Å². The second-order valence-corrected chi connectivity index (χ2v) is 20.0. The average Bonchev–Trinajstić information content (AvgIpc) is 3.52. The fourth-order valence-electron chi connectivity index (χ4n) is 8.49. The molecule has 3 aliphatic rings. The van der Waals surface area contributed by atoms with Crippen LogP contribution >= 0.6 is 11.6 Å². The zero-order valence-electron chi connectivity index (χ0n) is 37.2. The molecular weight excluding hydrogens is 872 g/mol. The van der Waals surface area contributed by atoms with Gasteiger partial charge in [-0.2, -0.15) is 4.98 Å². The number of para-hydroxylation sites is 1. The first-order chi connectivity index (χ1) is 31.0. The molecule has 2 fully saturated rings. The van der Waals surface area contributed by atoms with Crippen LogP contribution in [0, 0.1) is 6.92 Å². The van der Waals surface area contributed by atoms with E-state index >= 15 is 0 Å². The first-order valence-corrected chi connectivity index (χ1v) is 24.0. The minimum Gasteiger partial charge on any atom is -0.489 e. The summed E-state index contributed by atoms with van der Waals surface area (Å²) in [6.07, 6.45) is 5.74. The molecule has 0 spiro atoms. The molecule has 5 amide bonds. The lowest BCUT2D eigenvalue weighted by atomic mass is 9.86. The number of aryl methyl sites for hydroxylation is 1. The number of nitrogens with one attached hydrogen (secondary N) is 4. The van der Waals surface area contributed by atoms with Crippen LogP contribution < -0.4 is 26.0 Å². The molecule has 16 nitrogen and oxygen atoms in total. The average molecular weight is 928 g/mol. The van der Waals surface area contributed by atoms with Crippen LogP contribution in [0.1, 0.15) is 117 Å². The van der Waals surface area contributed by atoms with E-state index in [1.54, 1.807) is 56.3 Å². The summed E-state index contributed by atoms with van der Waals surface area (Å²) in [6.45, 7) is 11.0. The van der Waals surface area contributed by atoms with Gasteiger partial charge in [0, 0.05) is 38.2 Å². The number of benzene rings is 3. The van der Waals surface area contributed by atoms with E-state index in [2.05, 4.69) is 37.3 Å². The van der Waals surface area contributed by atoms with Gasteiger partial charge >= 0.3 is 0 Å². The molecule has 3 aliphatic heterocycles. The third-order valence-electron chi connectivity index (χ3n) is 11.9. The maximum absolute atomic E-state index is 13.4. The van der Waals surface area contributed by atoms with Gasteiger partial charge in [-0.25, -0.2) is 13.4 Å². The number of piperidine rings is 2. The van der Waals surface area contributed by atoms with E-state index in [0.29, 0.717) is 55.3 Å². The van der Waals surface area contributed by atoms with Crippen LogP contribution in [-0.4, -0.2) is 94.8 Å². The van der Waals surface area contributed by atoms with Crippen molar-refractivity contribution in [1.29, 1.82) is 0 Å². The fourth-order valence-corrected chi connectivity index (χ4v) is 9.83. The molecule has 3 aromatic carbocycles. The molecule has 2 saturated heterocycles. The van der Waals surface area contributed by atoms with Crippen molar-refractivity contribution >= 4 is 79.8 Å². The second kappa shape index (κ2) is 20.0. The summed E-state index contributed by atoms with van der Waals surface area (Å²) in [5.41, 5.74) is 4.17. The first kappa shape index (κ1) is 46.9. The molecule has 344 valence electrons. The standard InChI is InChI=1S/C47H55ClN8O8S/c1-27(2)64-38-25-32(29(5)24-36(38)52-47-50-26-33(48)43(54-47)51-34-13-8-9-15-39(34)65(62,63)28(3)4)30-19-22-55(23-20-30)41(58)16-7-6-10-21-49-35-14-11-12-31-42(35)46(61)56(45(31)60)37-17-18-40(57)53-44(37)59/h8-9,11-15,24-28,30,37,49H,6-7,10,16-23H2,1-5H3,(H,53,57,59)(H2,50,51,52,54). The minimum atomic E-state index is -3.60. The molecule has 65 heavy (non-hydrogen) atoms. The lowest BCUT2D eigenvalue weighted by Gasteiger charge is -2.33. The molecule has 7 rings (SSSR count). The van der Waals surface area contributed by atoms with E-state index in [9.17, 15) is 32.4 Å². The Morgan fingerprint density at radius 2 is 1.65 bits per heavy atom. The Labute approximate surface area is 384 Å². The maximum atomic E-state index is 13.4. The predicted molar refractivity (Wildman–Crippen MR) is 248 cm³/mol. The number of imide groups is 2. The molecule has 0 saturated carbocycles. The Morgan fingerprint density at radius 1 is 0.908 bits per heavy atom. The summed E-state index contributed by atoms with van der Waals surface area (Å²) in [5.74, 6) is -0.732. The van der Waals surface area contributed by atoms with Crippen LogP contribution in [0.3, 0.4) is 0 Å². The van der Waals surface area contributed by atoms with Gasteiger partial charge in [0.05, 0.1) is 44.9 Å². The number of amides is 5. The van der Waals surface area contributed by atoms with E-state index in [0.717, 1.165) is 41.7 Å². The summed E-state index contributed by atoms with van der Waals surface area (Å²) >= 11 is 6.50. The molecule has 1 aromatic heterocycles. The topological polar surface area (TPSA) is 209 Å². The number of fused-ring (bicyclic) bond motifs is 1. The van der Waals surface area contributed by atoms with Gasteiger partial charge in [0.1, 0.15) is 16.8 Å². The zero-order valence-corrected chi connectivity index (χ0v) is 38.8. The molecule has 1 unspecified atom stereocenters. The van der Waals surface area contributed by atoms with E-state index in [4.69, 9.17) is 16.3 Å². The lowest BCUT2D eigenvalue weighted by Crippen LogP contribution is -2.54. The number of nitrogens with zero attached hydrogens (tertiary/aromatic N) is 4. The van der Waals surface area contributed by atoms with Crippen molar-refractivity contribution in [3.8, 4) is 5.75 Å². The zero-order chi connectivity index (χ0) is 46.6. The van der Waals surface area contributed by atoms with Crippen LogP contribution in [0.2, 0.25) is 5.02 Å². The Hall–Kier alpha value is -6.07. The summed E-state index contributed by atoms with van der Waals surface area (Å²) in [6, 6.07) is 14.7. The van der Waals surface area contributed by atoms with Gasteiger partial charge in [-0.1, -0.05) is 36.2 Å². The maximum Gasteiger partial charge on any atom is 0.264 e. The molecule has 0 aliphatic carbocycles. The number of sulfone groups is 1. The molecule has 4 heterocycles. The van der Waals surface area contributed by atoms with Gasteiger partial charge in [0.15, 0.2) is 15.7 Å². The first-order valence-electron chi connectivity index (χ1n) is 22.1. The fraction of sp³-hybridized carbons (Fsp3) is 0.426. The van der Waals surface area contributed by atoms with Crippen molar-refractivity contribution in [3.05, 3.63) is 88.1 Å². The van der Waals surface area contributed by atoms with Gasteiger partial charge in [0.25, 0.3) is 11.8 Å². The summed E-state index contributed by atoms with van der Waals surface area (Å²) in [4.78, 5) is 76.0. The largest absolute Gasteiger partial charge is 0.489 e. The lowest BCUT2D eigenvalue weighted by molar-refractivity contribution is -0.136. The van der Waals surface area contributed by atoms with Gasteiger partial charge in [-0.15, -0.1) is 0 Å². The molecule has 1 atom stereocenters. The number of hydrogen-bond donors (Lipinski definition) is 4. The Balaban J connectivity index is 0.909. The van der Waals surface area contributed by atoms with Gasteiger partial charge in [0.2, 0.25) is 23.7 Å². The third kappa shape index (κ3) is 10.4. The Kier molecular flexibility index (Phi) is 14.4. The van der Waals surface area contributed by atoms with Gasteiger partial charge in [-0.3, -0.25) is 34.2 Å².